The molecule has 0 aromatic heterocycles. The Labute approximate surface area is 222 Å². The van der Waals surface area contributed by atoms with Gasteiger partial charge in [0.2, 0.25) is 0 Å². The predicted molar refractivity (Wildman–Crippen MR) is 142 cm³/mol. The molecule has 1 unspecified atom stereocenters. The SMILES string of the molecule is COCCOCCOCCOc1ccc(Oc2c(I)cc(CC(C)C(=O)OC)cc2I)cc1. The number of ether oxygens (including phenoxy) is 6. The highest BCUT2D eigenvalue weighted by Gasteiger charge is 2.16. The smallest absolute Gasteiger partial charge is 0.308 e. The molecule has 2 aromatic rings. The first-order valence-electron chi connectivity index (χ1n) is 10.6. The Morgan fingerprint density at radius 1 is 0.848 bits per heavy atom. The molecule has 2 rings (SSSR count). The highest BCUT2D eigenvalue weighted by atomic mass is 127. The van der Waals surface area contributed by atoms with Crippen LogP contribution in [0.25, 0.3) is 0 Å². The molecule has 0 spiro atoms. The minimum absolute atomic E-state index is 0.194. The van der Waals surface area contributed by atoms with Crippen molar-refractivity contribution in [3.05, 3.63) is 49.1 Å². The molecule has 9 heteroatoms. The molecule has 0 fully saturated rings. The second-order valence-electron chi connectivity index (χ2n) is 7.16. The summed E-state index contributed by atoms with van der Waals surface area (Å²) < 4.78 is 34.3. The molecule has 0 aliphatic rings. The number of carbonyl (C=O) groups is 1. The molecule has 33 heavy (non-hydrogen) atoms. The molecule has 1 atom stereocenters. The average molecular weight is 684 g/mol. The largest absolute Gasteiger partial charge is 0.491 e. The van der Waals surface area contributed by atoms with Crippen LogP contribution in [0.4, 0.5) is 0 Å². The van der Waals surface area contributed by atoms with E-state index >= 15 is 0 Å². The van der Waals surface area contributed by atoms with E-state index in [0.29, 0.717) is 46.1 Å². The van der Waals surface area contributed by atoms with Crippen molar-refractivity contribution in [2.75, 3.05) is 53.9 Å². The summed E-state index contributed by atoms with van der Waals surface area (Å²) in [6, 6.07) is 11.6. The van der Waals surface area contributed by atoms with Gasteiger partial charge in [-0.1, -0.05) is 6.92 Å². The minimum Gasteiger partial charge on any atom is -0.491 e. The molecule has 0 aliphatic carbocycles. The van der Waals surface area contributed by atoms with Crippen LogP contribution in [-0.2, 0) is 30.2 Å². The van der Waals surface area contributed by atoms with E-state index in [9.17, 15) is 4.79 Å². The number of halogens is 2. The third kappa shape index (κ3) is 10.3. The van der Waals surface area contributed by atoms with Gasteiger partial charge in [0, 0.05) is 7.11 Å². The van der Waals surface area contributed by atoms with Gasteiger partial charge in [-0.3, -0.25) is 4.79 Å². The first kappa shape index (κ1) is 28.1. The molecule has 0 saturated carbocycles. The maximum atomic E-state index is 11.7. The molecule has 7 nitrogen and oxygen atoms in total. The van der Waals surface area contributed by atoms with Crippen molar-refractivity contribution in [3.63, 3.8) is 0 Å². The van der Waals surface area contributed by atoms with Gasteiger partial charge in [0.1, 0.15) is 18.1 Å². The highest BCUT2D eigenvalue weighted by Crippen LogP contribution is 2.34. The van der Waals surface area contributed by atoms with Crippen LogP contribution in [-0.4, -0.2) is 59.8 Å². The van der Waals surface area contributed by atoms with Gasteiger partial charge in [0.25, 0.3) is 0 Å². The second-order valence-corrected chi connectivity index (χ2v) is 9.48. The normalized spacial score (nSPS) is 11.8. The zero-order valence-electron chi connectivity index (χ0n) is 19.1. The van der Waals surface area contributed by atoms with Crippen LogP contribution in [0.3, 0.4) is 0 Å². The summed E-state index contributed by atoms with van der Waals surface area (Å²) in [7, 11) is 3.06. The zero-order valence-corrected chi connectivity index (χ0v) is 23.4. The average Bonchev–Trinajstić information content (AvgIpc) is 2.80. The number of esters is 1. The van der Waals surface area contributed by atoms with Gasteiger partial charge in [-0.15, -0.1) is 0 Å². The van der Waals surface area contributed by atoms with Crippen molar-refractivity contribution in [1.29, 1.82) is 0 Å². The zero-order chi connectivity index (χ0) is 24.1. The summed E-state index contributed by atoms with van der Waals surface area (Å²) in [5.74, 6) is 1.86. The molecule has 0 heterocycles. The number of carbonyl (C=O) groups excluding carboxylic acids is 1. The highest BCUT2D eigenvalue weighted by molar-refractivity contribution is 14.1. The summed E-state index contributed by atoms with van der Waals surface area (Å²) >= 11 is 4.51. The summed E-state index contributed by atoms with van der Waals surface area (Å²) in [5, 5.41) is 0. The lowest BCUT2D eigenvalue weighted by molar-refractivity contribution is -0.144. The molecular formula is C24H30I2O7. The molecule has 0 aliphatic heterocycles. The van der Waals surface area contributed by atoms with Gasteiger partial charge >= 0.3 is 5.97 Å². The van der Waals surface area contributed by atoms with Crippen LogP contribution >= 0.6 is 45.2 Å². The van der Waals surface area contributed by atoms with Gasteiger partial charge in [0.15, 0.2) is 5.75 Å². The lowest BCUT2D eigenvalue weighted by atomic mass is 10.0. The number of methoxy groups -OCH3 is 2. The number of rotatable bonds is 15. The Morgan fingerprint density at radius 2 is 1.39 bits per heavy atom. The summed E-state index contributed by atoms with van der Waals surface area (Å²) in [6.07, 6.45) is 0.621. The van der Waals surface area contributed by atoms with E-state index in [0.717, 1.165) is 30.0 Å². The maximum Gasteiger partial charge on any atom is 0.308 e. The summed E-state index contributed by atoms with van der Waals surface area (Å²) in [6.45, 7) is 5.04. The van der Waals surface area contributed by atoms with Crippen LogP contribution in [0.15, 0.2) is 36.4 Å². The molecular weight excluding hydrogens is 654 g/mol. The van der Waals surface area contributed by atoms with Crippen LogP contribution in [0.2, 0.25) is 0 Å². The Balaban J connectivity index is 1.80. The van der Waals surface area contributed by atoms with E-state index in [1.807, 2.05) is 43.3 Å². The monoisotopic (exact) mass is 684 g/mol. The van der Waals surface area contributed by atoms with E-state index < -0.39 is 0 Å². The lowest BCUT2D eigenvalue weighted by Crippen LogP contribution is -2.15. The van der Waals surface area contributed by atoms with Crippen LogP contribution in [0, 0.1) is 13.1 Å². The van der Waals surface area contributed by atoms with Crippen molar-refractivity contribution in [2.45, 2.75) is 13.3 Å². The van der Waals surface area contributed by atoms with E-state index in [4.69, 9.17) is 28.4 Å². The number of hydrogen-bond donors (Lipinski definition) is 0. The summed E-state index contributed by atoms with van der Waals surface area (Å²) in [5.41, 5.74) is 1.07. The molecule has 0 radical (unpaired) electrons. The molecule has 0 bridgehead atoms. The fourth-order valence-corrected chi connectivity index (χ4v) is 4.99. The maximum absolute atomic E-state index is 11.7. The predicted octanol–water partition coefficient (Wildman–Crippen LogP) is 5.10. The topological polar surface area (TPSA) is 72.5 Å². The number of hydrogen-bond acceptors (Lipinski definition) is 7. The first-order chi connectivity index (χ1) is 15.9. The van der Waals surface area contributed by atoms with Crippen LogP contribution in [0.1, 0.15) is 12.5 Å². The Bertz CT molecular complexity index is 835. The minimum atomic E-state index is -0.207. The second kappa shape index (κ2) is 15.7. The van der Waals surface area contributed by atoms with Gasteiger partial charge < -0.3 is 28.4 Å². The quantitative estimate of drug-likeness (QED) is 0.147. The van der Waals surface area contributed by atoms with E-state index in [2.05, 4.69) is 45.2 Å². The fraction of sp³-hybridized carbons (Fsp3) is 0.458. The fourth-order valence-electron chi connectivity index (χ4n) is 2.87. The van der Waals surface area contributed by atoms with Gasteiger partial charge in [-0.2, -0.15) is 0 Å². The van der Waals surface area contributed by atoms with Gasteiger partial charge in [0.05, 0.1) is 53.2 Å². The van der Waals surface area contributed by atoms with E-state index in [1.165, 1.54) is 7.11 Å². The standard InChI is InChI=1S/C24H30I2O7/c1-17(24(27)29-3)14-18-15-21(25)23(22(26)16-18)33-20-6-4-19(5-7-20)32-13-12-31-11-10-30-9-8-28-2/h4-7,15-17H,8-14H2,1-3H3. The third-order valence-corrected chi connectivity index (χ3v) is 6.15. The van der Waals surface area contributed by atoms with Crippen LogP contribution in [0.5, 0.6) is 17.2 Å². The van der Waals surface area contributed by atoms with Gasteiger partial charge in [-0.05, 0) is 93.6 Å². The third-order valence-electron chi connectivity index (χ3n) is 4.55. The van der Waals surface area contributed by atoms with Crippen molar-refractivity contribution in [3.8, 4) is 17.2 Å². The molecule has 0 amide bonds. The Morgan fingerprint density at radius 3 is 1.97 bits per heavy atom. The molecule has 2 aromatic carbocycles. The van der Waals surface area contributed by atoms with E-state index in [-0.39, 0.29) is 11.9 Å². The van der Waals surface area contributed by atoms with Crippen molar-refractivity contribution >= 4 is 51.2 Å². The number of benzene rings is 2. The molecule has 0 saturated heterocycles. The Hall–Kier alpha value is -1.15. The van der Waals surface area contributed by atoms with Gasteiger partial charge in [-0.25, -0.2) is 0 Å². The van der Waals surface area contributed by atoms with Crippen molar-refractivity contribution in [1.82, 2.24) is 0 Å². The lowest BCUT2D eigenvalue weighted by Gasteiger charge is -2.14. The Kier molecular flexibility index (Phi) is 13.4. The molecule has 182 valence electrons. The molecule has 0 N–H and O–H groups in total. The van der Waals surface area contributed by atoms with E-state index in [1.54, 1.807) is 7.11 Å². The van der Waals surface area contributed by atoms with Crippen molar-refractivity contribution in [2.24, 2.45) is 5.92 Å². The first-order valence-corrected chi connectivity index (χ1v) is 12.7. The van der Waals surface area contributed by atoms with Crippen LogP contribution < -0.4 is 9.47 Å². The van der Waals surface area contributed by atoms with Crippen molar-refractivity contribution < 1.29 is 33.2 Å². The summed E-state index contributed by atoms with van der Waals surface area (Å²) in [4.78, 5) is 11.7.